The van der Waals surface area contributed by atoms with Crippen molar-refractivity contribution in [2.45, 2.75) is 26.7 Å². The Kier molecular flexibility index (Phi) is 5.08. The first-order valence-electron chi connectivity index (χ1n) is 9.91. The number of fused-ring (bicyclic) bond motifs is 1. The molecule has 1 aliphatic heterocycles. The predicted octanol–water partition coefficient (Wildman–Crippen LogP) is 3.99. The molecule has 0 bridgehead atoms. The number of carbonyl (C=O) groups is 4. The van der Waals surface area contributed by atoms with Crippen molar-refractivity contribution < 1.29 is 19.2 Å². The van der Waals surface area contributed by atoms with Crippen molar-refractivity contribution >= 4 is 34.9 Å². The zero-order valence-electron chi connectivity index (χ0n) is 16.8. The van der Waals surface area contributed by atoms with Gasteiger partial charge in [-0.2, -0.15) is 0 Å². The smallest absolute Gasteiger partial charge is 0.255 e. The van der Waals surface area contributed by atoms with Crippen molar-refractivity contribution in [1.29, 1.82) is 0 Å². The van der Waals surface area contributed by atoms with Crippen LogP contribution in [0.1, 0.15) is 47.4 Å². The SMILES string of the molecule is CC(=O)c1cccc(NC(=O)c2cccc(N3C(=O)[C@H]4CC(C)=CC[C@H]4C3=O)c2)c1. The maximum absolute atomic E-state index is 12.9. The summed E-state index contributed by atoms with van der Waals surface area (Å²) in [4.78, 5) is 51.3. The molecule has 0 aromatic heterocycles. The standard InChI is InChI=1S/C24H22N2O4/c1-14-9-10-20-21(11-14)24(30)26(23(20)29)19-8-4-6-17(13-19)22(28)25-18-7-3-5-16(12-18)15(2)27/h3-9,12-13,20-21H,10-11H2,1-2H3,(H,25,28)/t20-,21+/m1/s1. The van der Waals surface area contributed by atoms with Gasteiger partial charge in [0.05, 0.1) is 17.5 Å². The highest BCUT2D eigenvalue weighted by Gasteiger charge is 2.48. The Balaban J connectivity index is 1.57. The molecule has 0 saturated carbocycles. The maximum Gasteiger partial charge on any atom is 0.255 e. The van der Waals surface area contributed by atoms with Crippen molar-refractivity contribution in [3.8, 4) is 0 Å². The van der Waals surface area contributed by atoms with Crippen LogP contribution in [0.4, 0.5) is 11.4 Å². The second-order valence-corrected chi connectivity index (χ2v) is 7.86. The van der Waals surface area contributed by atoms with Gasteiger partial charge in [0.15, 0.2) is 5.78 Å². The van der Waals surface area contributed by atoms with Gasteiger partial charge < -0.3 is 5.32 Å². The van der Waals surface area contributed by atoms with Crippen molar-refractivity contribution in [2.75, 3.05) is 10.2 Å². The first kappa shape index (κ1) is 19.8. The minimum atomic E-state index is -0.383. The number of rotatable bonds is 4. The lowest BCUT2D eigenvalue weighted by molar-refractivity contribution is -0.122. The van der Waals surface area contributed by atoms with Crippen LogP contribution in [0.2, 0.25) is 0 Å². The van der Waals surface area contributed by atoms with Gasteiger partial charge in [0.25, 0.3) is 5.91 Å². The van der Waals surface area contributed by atoms with E-state index in [1.54, 1.807) is 48.5 Å². The second kappa shape index (κ2) is 7.71. The fraction of sp³-hybridized carbons (Fsp3) is 0.250. The highest BCUT2D eigenvalue weighted by molar-refractivity contribution is 6.22. The number of allylic oxidation sites excluding steroid dienone is 2. The number of benzene rings is 2. The topological polar surface area (TPSA) is 83.6 Å². The molecule has 30 heavy (non-hydrogen) atoms. The van der Waals surface area contributed by atoms with E-state index in [4.69, 9.17) is 0 Å². The number of imide groups is 1. The Hall–Kier alpha value is -3.54. The van der Waals surface area contributed by atoms with E-state index in [1.807, 2.05) is 13.0 Å². The zero-order valence-corrected chi connectivity index (χ0v) is 16.8. The summed E-state index contributed by atoms with van der Waals surface area (Å²) >= 11 is 0. The lowest BCUT2D eigenvalue weighted by Crippen LogP contribution is -2.31. The fourth-order valence-electron chi connectivity index (χ4n) is 4.10. The Morgan fingerprint density at radius 2 is 1.67 bits per heavy atom. The van der Waals surface area contributed by atoms with E-state index >= 15 is 0 Å². The number of nitrogens with one attached hydrogen (secondary N) is 1. The quantitative estimate of drug-likeness (QED) is 0.476. The predicted molar refractivity (Wildman–Crippen MR) is 113 cm³/mol. The van der Waals surface area contributed by atoms with E-state index in [0.29, 0.717) is 35.3 Å². The number of ketones is 1. The maximum atomic E-state index is 12.9. The molecule has 1 saturated heterocycles. The summed E-state index contributed by atoms with van der Waals surface area (Å²) < 4.78 is 0. The van der Waals surface area contributed by atoms with Crippen LogP contribution in [-0.2, 0) is 9.59 Å². The van der Waals surface area contributed by atoms with Gasteiger partial charge in [-0.25, -0.2) is 0 Å². The molecule has 1 fully saturated rings. The van der Waals surface area contributed by atoms with Crippen LogP contribution in [0, 0.1) is 11.8 Å². The lowest BCUT2D eigenvalue weighted by Gasteiger charge is -2.18. The summed E-state index contributed by atoms with van der Waals surface area (Å²) in [5.41, 5.74) is 2.85. The molecule has 3 amide bonds. The minimum absolute atomic E-state index is 0.0923. The van der Waals surface area contributed by atoms with Crippen molar-refractivity contribution in [3.63, 3.8) is 0 Å². The number of nitrogens with zero attached hydrogens (tertiary/aromatic N) is 1. The summed E-state index contributed by atoms with van der Waals surface area (Å²) in [6, 6.07) is 13.2. The zero-order chi connectivity index (χ0) is 21.4. The average Bonchev–Trinajstić information content (AvgIpc) is 2.98. The van der Waals surface area contributed by atoms with Crippen LogP contribution < -0.4 is 10.2 Å². The summed E-state index contributed by atoms with van der Waals surface area (Å²) in [5.74, 6) is -1.54. The van der Waals surface area contributed by atoms with Crippen LogP contribution in [-0.4, -0.2) is 23.5 Å². The van der Waals surface area contributed by atoms with Gasteiger partial charge in [-0.1, -0.05) is 29.8 Å². The molecule has 0 unspecified atom stereocenters. The van der Waals surface area contributed by atoms with E-state index in [0.717, 1.165) is 5.57 Å². The molecule has 2 aromatic carbocycles. The van der Waals surface area contributed by atoms with Crippen LogP contribution in [0.25, 0.3) is 0 Å². The minimum Gasteiger partial charge on any atom is -0.322 e. The van der Waals surface area contributed by atoms with Crippen LogP contribution in [0.5, 0.6) is 0 Å². The fourth-order valence-corrected chi connectivity index (χ4v) is 4.10. The molecule has 2 aliphatic rings. The monoisotopic (exact) mass is 402 g/mol. The molecule has 6 nitrogen and oxygen atoms in total. The van der Waals surface area contributed by atoms with Gasteiger partial charge in [0.1, 0.15) is 0 Å². The van der Waals surface area contributed by atoms with Gasteiger partial charge in [0.2, 0.25) is 11.8 Å². The number of anilines is 2. The third-order valence-corrected chi connectivity index (χ3v) is 5.72. The molecule has 1 heterocycles. The van der Waals surface area contributed by atoms with Crippen molar-refractivity contribution in [1.82, 2.24) is 0 Å². The highest BCUT2D eigenvalue weighted by atomic mass is 16.2. The first-order valence-corrected chi connectivity index (χ1v) is 9.91. The Bertz CT molecular complexity index is 1100. The number of carbonyl (C=O) groups excluding carboxylic acids is 4. The van der Waals surface area contributed by atoms with E-state index < -0.39 is 0 Å². The Labute approximate surface area is 174 Å². The van der Waals surface area contributed by atoms with Crippen LogP contribution in [0.15, 0.2) is 60.2 Å². The van der Waals surface area contributed by atoms with E-state index in [1.165, 1.54) is 11.8 Å². The Morgan fingerprint density at radius 3 is 2.43 bits per heavy atom. The van der Waals surface area contributed by atoms with E-state index in [9.17, 15) is 19.2 Å². The summed E-state index contributed by atoms with van der Waals surface area (Å²) in [6.07, 6.45) is 3.19. The third kappa shape index (κ3) is 3.56. The molecular formula is C24H22N2O4. The van der Waals surface area contributed by atoms with Gasteiger partial charge >= 0.3 is 0 Å². The molecule has 0 radical (unpaired) electrons. The summed E-state index contributed by atoms with van der Waals surface area (Å²) in [5, 5.41) is 2.76. The highest BCUT2D eigenvalue weighted by Crippen LogP contribution is 2.39. The largest absolute Gasteiger partial charge is 0.322 e. The molecule has 1 aliphatic carbocycles. The average molecular weight is 402 g/mol. The third-order valence-electron chi connectivity index (χ3n) is 5.72. The van der Waals surface area contributed by atoms with Gasteiger partial charge in [0, 0.05) is 16.8 Å². The Morgan fingerprint density at radius 1 is 0.967 bits per heavy atom. The van der Waals surface area contributed by atoms with Gasteiger partial charge in [-0.3, -0.25) is 24.1 Å². The van der Waals surface area contributed by atoms with E-state index in [2.05, 4.69) is 5.32 Å². The van der Waals surface area contributed by atoms with Crippen LogP contribution in [0.3, 0.4) is 0 Å². The lowest BCUT2D eigenvalue weighted by atomic mass is 9.82. The van der Waals surface area contributed by atoms with Crippen LogP contribution >= 0.6 is 0 Å². The molecule has 4 rings (SSSR count). The second-order valence-electron chi connectivity index (χ2n) is 7.86. The molecule has 1 N–H and O–H groups in total. The van der Waals surface area contributed by atoms with E-state index in [-0.39, 0.29) is 35.3 Å². The number of hydrogen-bond acceptors (Lipinski definition) is 4. The summed E-state index contributed by atoms with van der Waals surface area (Å²) in [6.45, 7) is 3.44. The molecule has 2 atom stereocenters. The molecule has 152 valence electrons. The van der Waals surface area contributed by atoms with Crippen molar-refractivity contribution in [3.05, 3.63) is 71.3 Å². The van der Waals surface area contributed by atoms with Gasteiger partial charge in [-0.05, 0) is 57.0 Å². The number of hydrogen-bond donors (Lipinski definition) is 1. The number of amides is 3. The molecule has 0 spiro atoms. The molecule has 6 heteroatoms. The molecule has 2 aromatic rings. The first-order chi connectivity index (χ1) is 14.3. The number of Topliss-reactive ketones (excluding diaryl/α,β-unsaturated/α-hetero) is 1. The molecular weight excluding hydrogens is 380 g/mol. The van der Waals surface area contributed by atoms with Crippen molar-refractivity contribution in [2.24, 2.45) is 11.8 Å². The normalized spacial score (nSPS) is 20.6. The summed E-state index contributed by atoms with van der Waals surface area (Å²) in [7, 11) is 0. The van der Waals surface area contributed by atoms with Gasteiger partial charge in [-0.15, -0.1) is 0 Å².